The predicted molar refractivity (Wildman–Crippen MR) is 124 cm³/mol. The Bertz CT molecular complexity index is 992. The van der Waals surface area contributed by atoms with Crippen molar-refractivity contribution in [2.24, 2.45) is 0 Å². The summed E-state index contributed by atoms with van der Waals surface area (Å²) in [7, 11) is -2.04. The third kappa shape index (κ3) is 4.00. The number of benzene rings is 4. The zero-order valence-corrected chi connectivity index (χ0v) is 19.4. The van der Waals surface area contributed by atoms with Crippen molar-refractivity contribution in [3.05, 3.63) is 132 Å². The van der Waals surface area contributed by atoms with Gasteiger partial charge in [-0.2, -0.15) is 0 Å². The summed E-state index contributed by atoms with van der Waals surface area (Å²) in [4.78, 5) is 0. The summed E-state index contributed by atoms with van der Waals surface area (Å²) in [5.41, 5.74) is 1.11. The Morgan fingerprint density at radius 3 is 1.45 bits per heavy atom. The molecule has 142 valence electrons. The molecule has 0 bridgehead atoms. The molecule has 0 nitrogen and oxygen atoms in total. The first-order valence-electron chi connectivity index (χ1n) is 9.52. The molecule has 0 aliphatic heterocycles. The van der Waals surface area contributed by atoms with Crippen LogP contribution in [-0.4, -0.2) is 4.57 Å². The Balaban J connectivity index is 2.10. The topological polar surface area (TPSA) is 0 Å². The first kappa shape index (κ1) is 19.9. The fourth-order valence-corrected chi connectivity index (χ4v) is 9.50. The van der Waals surface area contributed by atoms with Gasteiger partial charge in [0.1, 0.15) is 0 Å². The van der Waals surface area contributed by atoms with Gasteiger partial charge in [-0.1, -0.05) is 0 Å². The molecule has 4 aromatic carbocycles. The van der Waals surface area contributed by atoms with Crippen LogP contribution in [0.5, 0.6) is 0 Å². The average Bonchev–Trinajstić information content (AvgIpc) is 2.82. The molecule has 0 spiro atoms. The summed E-state index contributed by atoms with van der Waals surface area (Å²) < 4.78 is 2.31. The molecule has 0 amide bonds. The second-order valence-electron chi connectivity index (χ2n) is 6.67. The van der Waals surface area contributed by atoms with Crippen LogP contribution >= 0.6 is 7.26 Å². The van der Waals surface area contributed by atoms with Crippen LogP contribution in [-0.2, 0) is 18.1 Å². The monoisotopic (exact) mass is 568 g/mol. The van der Waals surface area contributed by atoms with E-state index in [2.05, 4.69) is 120 Å². The number of allylic oxidation sites excluding steroid dienone is 1. The van der Waals surface area contributed by atoms with E-state index < -0.39 is 7.26 Å². The summed E-state index contributed by atoms with van der Waals surface area (Å²) in [5, 5.41) is 5.44. The van der Waals surface area contributed by atoms with E-state index in [-0.39, 0.29) is 0 Å². The van der Waals surface area contributed by atoms with Gasteiger partial charge in [-0.3, -0.25) is 0 Å². The van der Waals surface area contributed by atoms with Crippen molar-refractivity contribution in [3.8, 4) is 0 Å². The molecule has 0 aliphatic rings. The van der Waals surface area contributed by atoms with Crippen molar-refractivity contribution in [2.45, 2.75) is 0 Å². The zero-order chi connectivity index (χ0) is 19.9. The molecule has 0 heterocycles. The summed E-state index contributed by atoms with van der Waals surface area (Å²) in [6, 6.07) is 44.5. The van der Waals surface area contributed by atoms with Crippen molar-refractivity contribution in [1.29, 1.82) is 0 Å². The van der Waals surface area contributed by atoms with E-state index in [4.69, 9.17) is 0 Å². The summed E-state index contributed by atoms with van der Waals surface area (Å²) in [5.74, 6) is 0. The summed E-state index contributed by atoms with van der Waals surface area (Å²) in [6.07, 6.45) is 2.31. The maximum absolute atomic E-state index is 3.38. The molecule has 0 radical (unpaired) electrons. The first-order chi connectivity index (χ1) is 14.4. The van der Waals surface area contributed by atoms with Crippen LogP contribution < -0.4 is 15.9 Å². The van der Waals surface area contributed by atoms with Crippen molar-refractivity contribution in [3.63, 3.8) is 0 Å². The molecule has 0 aliphatic carbocycles. The summed E-state index contributed by atoms with van der Waals surface area (Å²) >= 11 is 1.92. The van der Waals surface area contributed by atoms with Crippen LogP contribution in [0, 0.1) is 6.07 Å². The van der Waals surface area contributed by atoms with E-state index in [1.807, 2.05) is 30.3 Å². The Morgan fingerprint density at radius 1 is 0.621 bits per heavy atom. The van der Waals surface area contributed by atoms with Crippen molar-refractivity contribution in [1.82, 2.24) is 0 Å². The van der Waals surface area contributed by atoms with Gasteiger partial charge in [0.05, 0.1) is 0 Å². The zero-order valence-electron chi connectivity index (χ0n) is 15.9. The van der Waals surface area contributed by atoms with Crippen molar-refractivity contribution < 1.29 is 18.1 Å². The SMILES string of the molecule is [Os]=[CH]/C(=C\c1[c-]cccc1)[P+](c1ccccc1)(c1ccccc1)c1ccccc1. The second-order valence-corrected chi connectivity index (χ2v) is 10.8. The Kier molecular flexibility index (Phi) is 6.41. The molecule has 0 aromatic heterocycles. The molecule has 4 aromatic rings. The molecule has 0 saturated carbocycles. The second kappa shape index (κ2) is 9.37. The molecule has 29 heavy (non-hydrogen) atoms. The van der Waals surface area contributed by atoms with E-state index in [9.17, 15) is 0 Å². The maximum atomic E-state index is 3.38. The van der Waals surface area contributed by atoms with Crippen molar-refractivity contribution in [2.75, 3.05) is 0 Å². The molecule has 0 N–H and O–H groups in total. The van der Waals surface area contributed by atoms with Gasteiger partial charge >= 0.3 is 184 Å². The summed E-state index contributed by atoms with van der Waals surface area (Å²) in [6.45, 7) is 0. The number of hydrogen-bond acceptors (Lipinski definition) is 0. The van der Waals surface area contributed by atoms with Gasteiger partial charge in [-0.25, -0.2) is 0 Å². The fourth-order valence-electron chi connectivity index (χ4n) is 3.70. The molecule has 0 atom stereocenters. The van der Waals surface area contributed by atoms with Crippen LogP contribution in [0.3, 0.4) is 0 Å². The van der Waals surface area contributed by atoms with E-state index in [0.717, 1.165) is 5.56 Å². The molecular formula is C27H21OsP. The minimum atomic E-state index is -2.04. The van der Waals surface area contributed by atoms with Crippen LogP contribution in [0.1, 0.15) is 5.56 Å². The number of hydrogen-bond donors (Lipinski definition) is 0. The molecule has 0 unspecified atom stereocenters. The van der Waals surface area contributed by atoms with Gasteiger partial charge in [0.25, 0.3) is 0 Å². The van der Waals surface area contributed by atoms with Gasteiger partial charge in [0.15, 0.2) is 0 Å². The van der Waals surface area contributed by atoms with E-state index in [0.29, 0.717) is 0 Å². The molecular weight excluding hydrogens is 546 g/mol. The van der Waals surface area contributed by atoms with Gasteiger partial charge < -0.3 is 0 Å². The average molecular weight is 567 g/mol. The van der Waals surface area contributed by atoms with Crippen LogP contribution in [0.25, 0.3) is 6.08 Å². The molecule has 2 heteroatoms. The first-order valence-corrected chi connectivity index (χ1v) is 12.8. The Morgan fingerprint density at radius 2 is 1.07 bits per heavy atom. The Hall–Kier alpha value is -2.44. The van der Waals surface area contributed by atoms with Crippen LogP contribution in [0.4, 0.5) is 0 Å². The van der Waals surface area contributed by atoms with Crippen molar-refractivity contribution >= 4 is 33.8 Å². The van der Waals surface area contributed by atoms with Gasteiger partial charge in [0, 0.05) is 0 Å². The fraction of sp³-hybridized carbons (Fsp3) is 0. The van der Waals surface area contributed by atoms with Gasteiger partial charge in [-0.05, 0) is 0 Å². The number of rotatable bonds is 6. The van der Waals surface area contributed by atoms with Crippen LogP contribution in [0.2, 0.25) is 0 Å². The van der Waals surface area contributed by atoms with E-state index in [1.165, 1.54) is 21.2 Å². The van der Waals surface area contributed by atoms with E-state index >= 15 is 0 Å². The quantitative estimate of drug-likeness (QED) is 0.223. The third-order valence-electron chi connectivity index (χ3n) is 4.96. The minimum absolute atomic E-state index is 1.11. The molecule has 0 fully saturated rings. The predicted octanol–water partition coefficient (Wildman–Crippen LogP) is 5.17. The normalized spacial score (nSPS) is 11.8. The standard InChI is InChI=1S/C27H21P.Os/c1-23(22-24-14-6-2-7-15-24)28(25-16-8-3-9-17-25,26-18-10-4-11-19-26)27-20-12-5-13-21-27;/h1-14,16-22H;/b23-22+;. The van der Waals surface area contributed by atoms with Gasteiger partial charge in [-0.15, -0.1) is 0 Å². The van der Waals surface area contributed by atoms with E-state index in [1.54, 1.807) is 0 Å². The van der Waals surface area contributed by atoms with Crippen LogP contribution in [0.15, 0.2) is 121 Å². The Labute approximate surface area is 183 Å². The molecule has 0 saturated heterocycles. The van der Waals surface area contributed by atoms with Gasteiger partial charge in [0.2, 0.25) is 0 Å². The molecule has 4 rings (SSSR count). The third-order valence-corrected chi connectivity index (χ3v) is 10.6.